The summed E-state index contributed by atoms with van der Waals surface area (Å²) in [4.78, 5) is 10.5. The molecule has 76 valence electrons. The van der Waals surface area contributed by atoms with Gasteiger partial charge in [-0.25, -0.2) is 8.78 Å². The van der Waals surface area contributed by atoms with E-state index in [2.05, 4.69) is 15.9 Å². The molecule has 0 aliphatic heterocycles. The van der Waals surface area contributed by atoms with Gasteiger partial charge >= 0.3 is 5.97 Å². The highest BCUT2D eigenvalue weighted by Crippen LogP contribution is 2.26. The fourth-order valence-electron chi connectivity index (χ4n) is 0.914. The molecule has 0 radical (unpaired) electrons. The highest BCUT2D eigenvalue weighted by Gasteiger charge is 2.20. The van der Waals surface area contributed by atoms with Crippen molar-refractivity contribution in [3.05, 3.63) is 33.8 Å². The normalized spacial score (nSPS) is 12.6. The molecule has 0 spiro atoms. The zero-order valence-corrected chi connectivity index (χ0v) is 8.38. The molecule has 0 bridgehead atoms. The maximum absolute atomic E-state index is 12.9. The van der Waals surface area contributed by atoms with Crippen LogP contribution in [0.1, 0.15) is 11.6 Å². The van der Waals surface area contributed by atoms with Crippen molar-refractivity contribution in [1.82, 2.24) is 0 Å². The van der Waals surface area contributed by atoms with Crippen LogP contribution >= 0.6 is 15.9 Å². The number of carboxylic acids is 1. The van der Waals surface area contributed by atoms with Crippen molar-refractivity contribution in [2.24, 2.45) is 5.73 Å². The van der Waals surface area contributed by atoms with Crippen LogP contribution in [0.3, 0.4) is 0 Å². The van der Waals surface area contributed by atoms with Crippen LogP contribution in [0, 0.1) is 11.6 Å². The van der Waals surface area contributed by atoms with E-state index in [-0.39, 0.29) is 10.0 Å². The third kappa shape index (κ3) is 1.91. The van der Waals surface area contributed by atoms with E-state index in [0.717, 1.165) is 12.1 Å². The molecule has 0 amide bonds. The predicted octanol–water partition coefficient (Wildman–Crippen LogP) is 1.81. The Hall–Kier alpha value is -1.01. The van der Waals surface area contributed by atoms with Gasteiger partial charge < -0.3 is 10.8 Å². The Morgan fingerprint density at radius 3 is 2.57 bits per heavy atom. The summed E-state index contributed by atoms with van der Waals surface area (Å²) in [6, 6.07) is 0.582. The van der Waals surface area contributed by atoms with Crippen LogP contribution in [0.2, 0.25) is 0 Å². The van der Waals surface area contributed by atoms with Crippen molar-refractivity contribution >= 4 is 21.9 Å². The second-order valence-corrected chi connectivity index (χ2v) is 3.37. The number of halogens is 3. The van der Waals surface area contributed by atoms with Gasteiger partial charge in [0.25, 0.3) is 0 Å². The van der Waals surface area contributed by atoms with Gasteiger partial charge in [-0.1, -0.05) is 6.07 Å². The third-order valence-corrected chi connectivity index (χ3v) is 2.47. The fourth-order valence-corrected chi connectivity index (χ4v) is 1.48. The molecule has 0 heterocycles. The van der Waals surface area contributed by atoms with Crippen LogP contribution < -0.4 is 5.73 Å². The lowest BCUT2D eigenvalue weighted by atomic mass is 10.1. The lowest BCUT2D eigenvalue weighted by molar-refractivity contribution is -0.138. The standard InChI is InChI=1S/C8H6BrF2NO2/c9-5-3(7(12)8(13)14)1-2-4(10)6(5)11/h1-2,7H,12H2,(H,13,14)/t7-/m1/s1. The number of aliphatic carboxylic acids is 1. The molecular weight excluding hydrogens is 260 g/mol. The minimum atomic E-state index is -1.38. The minimum Gasteiger partial charge on any atom is -0.480 e. The lowest BCUT2D eigenvalue weighted by Gasteiger charge is -2.09. The molecular formula is C8H6BrF2NO2. The molecule has 0 aliphatic carbocycles. The molecule has 0 aliphatic rings. The van der Waals surface area contributed by atoms with E-state index in [1.807, 2.05) is 0 Å². The summed E-state index contributed by atoms with van der Waals surface area (Å²) in [6.07, 6.45) is 0. The zero-order valence-electron chi connectivity index (χ0n) is 6.80. The molecule has 0 fully saturated rings. The van der Waals surface area contributed by atoms with E-state index in [1.165, 1.54) is 0 Å². The number of hydrogen-bond acceptors (Lipinski definition) is 2. The molecule has 1 atom stereocenters. The summed E-state index contributed by atoms with van der Waals surface area (Å²) >= 11 is 2.74. The van der Waals surface area contributed by atoms with Crippen LogP contribution in [0.5, 0.6) is 0 Å². The highest BCUT2D eigenvalue weighted by atomic mass is 79.9. The number of hydrogen-bond donors (Lipinski definition) is 2. The molecule has 3 nitrogen and oxygen atoms in total. The van der Waals surface area contributed by atoms with E-state index < -0.39 is 23.6 Å². The van der Waals surface area contributed by atoms with Gasteiger partial charge in [0.05, 0.1) is 4.47 Å². The average Bonchev–Trinajstić information content (AvgIpc) is 2.13. The van der Waals surface area contributed by atoms with Crippen molar-refractivity contribution in [3.63, 3.8) is 0 Å². The van der Waals surface area contributed by atoms with E-state index in [1.54, 1.807) is 0 Å². The minimum absolute atomic E-state index is 0.00333. The Labute approximate surface area is 86.7 Å². The SMILES string of the molecule is N[C@@H](C(=O)O)c1ccc(F)c(F)c1Br. The number of rotatable bonds is 2. The summed E-state index contributed by atoms with van der Waals surface area (Å²) in [6.45, 7) is 0. The number of carboxylic acid groups (broad SMARTS) is 1. The first kappa shape index (κ1) is 11.1. The van der Waals surface area contributed by atoms with Gasteiger partial charge in [-0.2, -0.15) is 0 Å². The Bertz CT molecular complexity index is 384. The summed E-state index contributed by atoms with van der Waals surface area (Å²) < 4.78 is 25.3. The van der Waals surface area contributed by atoms with Crippen molar-refractivity contribution in [2.45, 2.75) is 6.04 Å². The van der Waals surface area contributed by atoms with Crippen molar-refractivity contribution in [3.8, 4) is 0 Å². The van der Waals surface area contributed by atoms with Gasteiger partial charge in [0.2, 0.25) is 0 Å². The molecule has 1 aromatic carbocycles. The van der Waals surface area contributed by atoms with Crippen LogP contribution in [-0.4, -0.2) is 11.1 Å². The fraction of sp³-hybridized carbons (Fsp3) is 0.125. The first-order chi connectivity index (χ1) is 6.45. The van der Waals surface area contributed by atoms with E-state index in [0.29, 0.717) is 0 Å². The first-order valence-corrected chi connectivity index (χ1v) is 4.36. The van der Waals surface area contributed by atoms with Crippen LogP contribution in [0.25, 0.3) is 0 Å². The molecule has 1 rings (SSSR count). The van der Waals surface area contributed by atoms with E-state index in [4.69, 9.17) is 10.8 Å². The average molecular weight is 266 g/mol. The molecule has 6 heteroatoms. The van der Waals surface area contributed by atoms with E-state index in [9.17, 15) is 13.6 Å². The number of benzene rings is 1. The third-order valence-electron chi connectivity index (χ3n) is 1.67. The van der Waals surface area contributed by atoms with Crippen molar-refractivity contribution < 1.29 is 18.7 Å². The Morgan fingerprint density at radius 1 is 1.50 bits per heavy atom. The second-order valence-electron chi connectivity index (χ2n) is 2.58. The molecule has 14 heavy (non-hydrogen) atoms. The van der Waals surface area contributed by atoms with Crippen molar-refractivity contribution in [1.29, 1.82) is 0 Å². The molecule has 0 aromatic heterocycles. The number of carbonyl (C=O) groups is 1. The van der Waals surface area contributed by atoms with Gasteiger partial charge in [-0.3, -0.25) is 4.79 Å². The molecule has 3 N–H and O–H groups in total. The topological polar surface area (TPSA) is 63.3 Å². The van der Waals surface area contributed by atoms with Gasteiger partial charge in [0, 0.05) is 0 Å². The summed E-state index contributed by atoms with van der Waals surface area (Å²) in [5, 5.41) is 8.56. The molecule has 0 unspecified atom stereocenters. The Kier molecular flexibility index (Phi) is 3.17. The summed E-state index contributed by atoms with van der Waals surface area (Å²) in [5.74, 6) is -3.51. The maximum atomic E-state index is 12.9. The summed E-state index contributed by atoms with van der Waals surface area (Å²) in [5.41, 5.74) is 5.24. The predicted molar refractivity (Wildman–Crippen MR) is 48.6 cm³/mol. The monoisotopic (exact) mass is 265 g/mol. The van der Waals surface area contributed by atoms with Gasteiger partial charge in [0.1, 0.15) is 6.04 Å². The molecule has 0 saturated carbocycles. The number of nitrogens with two attached hydrogens (primary N) is 1. The smallest absolute Gasteiger partial charge is 0.325 e. The first-order valence-electron chi connectivity index (χ1n) is 3.57. The quantitative estimate of drug-likeness (QED) is 0.802. The Morgan fingerprint density at radius 2 is 2.07 bits per heavy atom. The second kappa shape index (κ2) is 4.02. The van der Waals surface area contributed by atoms with Crippen LogP contribution in [0.4, 0.5) is 8.78 Å². The largest absolute Gasteiger partial charge is 0.480 e. The van der Waals surface area contributed by atoms with Gasteiger partial charge in [0.15, 0.2) is 11.6 Å². The highest BCUT2D eigenvalue weighted by molar-refractivity contribution is 9.10. The van der Waals surface area contributed by atoms with Gasteiger partial charge in [-0.05, 0) is 27.6 Å². The lowest BCUT2D eigenvalue weighted by Crippen LogP contribution is -2.21. The van der Waals surface area contributed by atoms with Crippen molar-refractivity contribution in [2.75, 3.05) is 0 Å². The van der Waals surface area contributed by atoms with Gasteiger partial charge in [-0.15, -0.1) is 0 Å². The Balaban J connectivity index is 3.24. The maximum Gasteiger partial charge on any atom is 0.325 e. The van der Waals surface area contributed by atoms with Crippen LogP contribution in [-0.2, 0) is 4.79 Å². The van der Waals surface area contributed by atoms with Crippen LogP contribution in [0.15, 0.2) is 16.6 Å². The zero-order chi connectivity index (χ0) is 10.9. The summed E-state index contributed by atoms with van der Waals surface area (Å²) in [7, 11) is 0. The molecule has 0 saturated heterocycles. The van der Waals surface area contributed by atoms with E-state index >= 15 is 0 Å². The molecule has 1 aromatic rings.